The molecule has 0 fully saturated rings. The Hall–Kier alpha value is -1.51. The lowest BCUT2D eigenvalue weighted by molar-refractivity contribution is -0.125. The fourth-order valence-electron chi connectivity index (χ4n) is 0.783. The minimum atomic E-state index is -0.455. The molecule has 1 aromatic carbocycles. The summed E-state index contributed by atoms with van der Waals surface area (Å²) in [5.74, 6) is 0.146. The maximum atomic E-state index is 10.7. The number of benzene rings is 1. The van der Waals surface area contributed by atoms with E-state index >= 15 is 0 Å². The molecule has 0 aliphatic rings. The molecule has 0 saturated heterocycles. The van der Waals surface area contributed by atoms with Gasteiger partial charge in [-0.1, -0.05) is 18.2 Å². The van der Waals surface area contributed by atoms with Crippen molar-refractivity contribution < 1.29 is 11.0 Å². The van der Waals surface area contributed by atoms with Crippen molar-refractivity contribution in [2.75, 3.05) is 0 Å². The second-order valence-corrected chi connectivity index (χ2v) is 2.39. The van der Waals surface area contributed by atoms with Crippen LogP contribution in [0.25, 0.3) is 0 Å². The molecule has 0 aliphatic heterocycles. The fourth-order valence-corrected chi connectivity index (χ4v) is 0.783. The number of amides is 1. The van der Waals surface area contributed by atoms with Crippen LogP contribution in [0.15, 0.2) is 24.3 Å². The minimum absolute atomic E-state index is 0.327. The summed E-state index contributed by atoms with van der Waals surface area (Å²) < 4.78 is 6.74. The van der Waals surface area contributed by atoms with Crippen LogP contribution in [0.1, 0.15) is 13.8 Å². The zero-order valence-corrected chi connectivity index (χ0v) is 6.83. The van der Waals surface area contributed by atoms with Gasteiger partial charge >= 0.3 is 0 Å². The lowest BCUT2D eigenvalue weighted by atomic mass is 10.2. The summed E-state index contributed by atoms with van der Waals surface area (Å²) in [7, 11) is 0. The molecular formula is C9H11NO2. The zero-order valence-electron chi connectivity index (χ0n) is 7.83. The number of carbonyl (C=O) groups excluding carboxylic acids is 1. The second-order valence-electron chi connectivity index (χ2n) is 2.39. The molecule has 0 atom stereocenters. The first-order valence-corrected chi connectivity index (χ1v) is 3.54. The smallest absolute Gasteiger partial charge is 0.249 e. The Bertz CT molecular complexity index is 301. The van der Waals surface area contributed by atoms with E-state index in [0.29, 0.717) is 5.75 Å². The zero-order chi connectivity index (χ0) is 9.68. The number of aryl methyl sites for hydroxylation is 1. The Morgan fingerprint density at radius 3 is 3.00 bits per heavy atom. The highest BCUT2D eigenvalue weighted by molar-refractivity contribution is 5.71. The Kier molecular flexibility index (Phi) is 2.24. The van der Waals surface area contributed by atoms with Crippen LogP contribution < -0.4 is 10.3 Å². The van der Waals surface area contributed by atoms with Crippen LogP contribution in [-0.4, -0.2) is 5.91 Å². The minimum Gasteiger partial charge on any atom is -0.379 e. The largest absolute Gasteiger partial charge is 0.379 e. The Balaban J connectivity index is 2.54. The highest BCUT2D eigenvalue weighted by atomic mass is 16.7. The molecule has 0 bridgehead atoms. The lowest BCUT2D eigenvalue weighted by Crippen LogP contribution is -2.23. The Morgan fingerprint density at radius 1 is 1.58 bits per heavy atom. The van der Waals surface area contributed by atoms with Crippen molar-refractivity contribution in [1.29, 1.82) is 0 Å². The molecule has 3 nitrogen and oxygen atoms in total. The van der Waals surface area contributed by atoms with Crippen LogP contribution >= 0.6 is 0 Å². The summed E-state index contributed by atoms with van der Waals surface area (Å²) in [5.41, 5.74) is 3.10. The Labute approximate surface area is 72.7 Å². The highest BCUT2D eigenvalue weighted by Crippen LogP contribution is 2.14. The molecule has 1 N–H and O–H groups in total. The van der Waals surface area contributed by atoms with E-state index in [0.717, 1.165) is 5.56 Å². The molecule has 0 spiro atoms. The van der Waals surface area contributed by atoms with Gasteiger partial charge < -0.3 is 4.84 Å². The number of hydrogen-bond acceptors (Lipinski definition) is 2. The first kappa shape index (κ1) is 7.16. The van der Waals surface area contributed by atoms with Crippen molar-refractivity contribution in [2.24, 2.45) is 0 Å². The standard InChI is InChI=1S/C9H11NO2/c1-7-5-3-4-6-9(7)12-10-8(2)11/h3-6H,1-2H3,(H,10,11)/i2D. The monoisotopic (exact) mass is 166 g/mol. The number of rotatable bonds is 2. The van der Waals surface area contributed by atoms with Crippen molar-refractivity contribution in [3.8, 4) is 5.75 Å². The molecule has 1 rings (SSSR count). The van der Waals surface area contributed by atoms with E-state index in [1.165, 1.54) is 0 Å². The van der Waals surface area contributed by atoms with Gasteiger partial charge in [-0.05, 0) is 18.6 Å². The van der Waals surface area contributed by atoms with E-state index in [1.54, 1.807) is 6.07 Å². The predicted molar refractivity (Wildman–Crippen MR) is 45.6 cm³/mol. The third-order valence-corrected chi connectivity index (χ3v) is 1.37. The van der Waals surface area contributed by atoms with E-state index in [1.807, 2.05) is 25.1 Å². The maximum absolute atomic E-state index is 10.7. The molecule has 64 valence electrons. The quantitative estimate of drug-likeness (QED) is 0.675. The fraction of sp³-hybridized carbons (Fsp3) is 0.222. The van der Waals surface area contributed by atoms with Crippen molar-refractivity contribution in [2.45, 2.75) is 13.8 Å². The number of nitrogens with one attached hydrogen (secondary N) is 1. The molecule has 0 aromatic heterocycles. The normalized spacial score (nSPS) is 10.2. The number of hydroxylamine groups is 1. The molecule has 0 heterocycles. The van der Waals surface area contributed by atoms with E-state index in [2.05, 4.69) is 5.48 Å². The van der Waals surface area contributed by atoms with Crippen molar-refractivity contribution in [3.63, 3.8) is 0 Å². The summed E-state index contributed by atoms with van der Waals surface area (Å²) in [4.78, 5) is 15.6. The van der Waals surface area contributed by atoms with Gasteiger partial charge in [-0.25, -0.2) is 0 Å². The molecule has 0 unspecified atom stereocenters. The number of hydrogen-bond donors (Lipinski definition) is 1. The van der Waals surface area contributed by atoms with Crippen molar-refractivity contribution in [3.05, 3.63) is 29.8 Å². The molecule has 0 radical (unpaired) electrons. The van der Waals surface area contributed by atoms with Crippen LogP contribution in [0.3, 0.4) is 0 Å². The van der Waals surface area contributed by atoms with E-state index in [9.17, 15) is 4.79 Å². The van der Waals surface area contributed by atoms with E-state index < -0.39 is 5.91 Å². The lowest BCUT2D eigenvalue weighted by Gasteiger charge is -2.06. The van der Waals surface area contributed by atoms with Crippen LogP contribution in [-0.2, 0) is 4.79 Å². The summed E-state index contributed by atoms with van der Waals surface area (Å²) in [6.45, 7) is 1.55. The predicted octanol–water partition coefficient (Wildman–Crippen LogP) is 1.42. The van der Waals surface area contributed by atoms with E-state index in [4.69, 9.17) is 6.21 Å². The second kappa shape index (κ2) is 3.76. The molecule has 12 heavy (non-hydrogen) atoms. The first-order valence-electron chi connectivity index (χ1n) is 4.25. The van der Waals surface area contributed by atoms with Gasteiger partial charge in [0, 0.05) is 8.27 Å². The van der Waals surface area contributed by atoms with Gasteiger partial charge in [0.2, 0.25) is 5.91 Å². The topological polar surface area (TPSA) is 38.3 Å². The molecular weight excluding hydrogens is 154 g/mol. The van der Waals surface area contributed by atoms with Gasteiger partial charge in [0.1, 0.15) is 0 Å². The van der Waals surface area contributed by atoms with Gasteiger partial charge in [-0.3, -0.25) is 4.79 Å². The number of carbonyl (C=O) groups is 1. The van der Waals surface area contributed by atoms with E-state index in [-0.39, 0.29) is 6.90 Å². The van der Waals surface area contributed by atoms with Gasteiger partial charge in [0.05, 0.1) is 0 Å². The average molecular weight is 166 g/mol. The van der Waals surface area contributed by atoms with Gasteiger partial charge in [0.15, 0.2) is 5.75 Å². The summed E-state index contributed by atoms with van der Waals surface area (Å²) in [5, 5.41) is 0. The van der Waals surface area contributed by atoms with Crippen LogP contribution in [0.4, 0.5) is 0 Å². The van der Waals surface area contributed by atoms with Gasteiger partial charge in [-0.2, -0.15) is 5.48 Å². The molecule has 3 heteroatoms. The van der Waals surface area contributed by atoms with Gasteiger partial charge in [0.25, 0.3) is 0 Å². The van der Waals surface area contributed by atoms with Crippen molar-refractivity contribution >= 4 is 5.91 Å². The SMILES string of the molecule is [2H]CC(=O)NOc1ccccc1C. The first-order chi connectivity index (χ1) is 6.24. The molecule has 1 amide bonds. The molecule has 0 aliphatic carbocycles. The van der Waals surface area contributed by atoms with Crippen molar-refractivity contribution in [1.82, 2.24) is 5.48 Å². The maximum Gasteiger partial charge on any atom is 0.249 e. The van der Waals surface area contributed by atoms with Crippen LogP contribution in [0, 0.1) is 6.92 Å². The molecule has 1 aromatic rings. The third kappa shape index (κ3) is 2.27. The van der Waals surface area contributed by atoms with Crippen LogP contribution in [0.5, 0.6) is 5.75 Å². The third-order valence-electron chi connectivity index (χ3n) is 1.37. The summed E-state index contributed by atoms with van der Waals surface area (Å²) >= 11 is 0. The Morgan fingerprint density at radius 2 is 2.33 bits per heavy atom. The molecule has 0 saturated carbocycles. The highest BCUT2D eigenvalue weighted by Gasteiger charge is 1.97. The van der Waals surface area contributed by atoms with Gasteiger partial charge in [-0.15, -0.1) is 0 Å². The number of para-hydroxylation sites is 1. The summed E-state index contributed by atoms with van der Waals surface area (Å²) in [6, 6.07) is 7.32. The average Bonchev–Trinajstić information content (AvgIpc) is 2.16. The summed E-state index contributed by atoms with van der Waals surface area (Å²) in [6.07, 6.45) is 0. The van der Waals surface area contributed by atoms with Crippen LogP contribution in [0.2, 0.25) is 0 Å².